The minimum absolute atomic E-state index is 0.0432. The highest BCUT2D eigenvalue weighted by molar-refractivity contribution is 6.32. The van der Waals surface area contributed by atoms with Crippen molar-refractivity contribution >= 4 is 11.6 Å². The molecule has 1 aliphatic carbocycles. The molecule has 2 aromatic rings. The second-order valence-electron chi connectivity index (χ2n) is 9.06. The van der Waals surface area contributed by atoms with Gasteiger partial charge < -0.3 is 24.8 Å². The Morgan fingerprint density at radius 3 is 2.53 bits per heavy atom. The van der Waals surface area contributed by atoms with Crippen molar-refractivity contribution in [2.75, 3.05) is 39.8 Å². The number of ether oxygens (including phenoxy) is 2. The number of hydrogen-bond donors (Lipinski definition) is 2. The Labute approximate surface area is 196 Å². The number of hydrogen-bond acceptors (Lipinski definition) is 5. The van der Waals surface area contributed by atoms with Crippen LogP contribution in [0.25, 0.3) is 0 Å². The van der Waals surface area contributed by atoms with Gasteiger partial charge in [0.2, 0.25) is 0 Å². The second-order valence-corrected chi connectivity index (χ2v) is 9.47. The third-order valence-electron chi connectivity index (χ3n) is 6.95. The number of aliphatic hydroxyl groups is 1. The summed E-state index contributed by atoms with van der Waals surface area (Å²) in [6.45, 7) is 5.28. The Hall–Kier alpha value is -1.79. The van der Waals surface area contributed by atoms with E-state index in [1.54, 1.807) is 7.11 Å². The molecule has 2 aromatic carbocycles. The molecule has 2 fully saturated rings. The number of piperazine rings is 1. The van der Waals surface area contributed by atoms with Crippen LogP contribution in [0.3, 0.4) is 0 Å². The second kappa shape index (κ2) is 10.9. The molecule has 2 N–H and O–H groups in total. The van der Waals surface area contributed by atoms with Gasteiger partial charge in [-0.1, -0.05) is 55.1 Å². The summed E-state index contributed by atoms with van der Waals surface area (Å²) in [5.41, 5.74) is 1.40. The quantitative estimate of drug-likeness (QED) is 0.605. The highest BCUT2D eigenvalue weighted by atomic mass is 35.5. The van der Waals surface area contributed by atoms with E-state index in [9.17, 15) is 5.11 Å². The molecule has 0 radical (unpaired) electrons. The summed E-state index contributed by atoms with van der Waals surface area (Å²) >= 11 is 6.68. The van der Waals surface area contributed by atoms with Crippen molar-refractivity contribution in [1.82, 2.24) is 10.2 Å². The standard InChI is InChI=1S/C26H35ClN2O3/c1-31-24-8-4-3-7-21(24)19-32-25-10-9-20(17-23(25)27)22(18-29-15-13-28-14-16-29)26(30)11-5-2-6-12-26/h3-4,7-10,17,22,28,30H,2,5-6,11-16,18-19H2,1H3. The van der Waals surface area contributed by atoms with E-state index in [4.69, 9.17) is 21.1 Å². The highest BCUT2D eigenvalue weighted by Crippen LogP contribution is 2.42. The van der Waals surface area contributed by atoms with E-state index in [0.29, 0.717) is 17.4 Å². The van der Waals surface area contributed by atoms with Crippen LogP contribution < -0.4 is 14.8 Å². The lowest BCUT2D eigenvalue weighted by molar-refractivity contribution is -0.0316. The monoisotopic (exact) mass is 458 g/mol. The maximum Gasteiger partial charge on any atom is 0.138 e. The van der Waals surface area contributed by atoms with Gasteiger partial charge >= 0.3 is 0 Å². The number of benzene rings is 2. The molecular weight excluding hydrogens is 424 g/mol. The normalized spacial score (nSPS) is 20.0. The highest BCUT2D eigenvalue weighted by Gasteiger charge is 2.39. The number of methoxy groups -OCH3 is 1. The van der Waals surface area contributed by atoms with Crippen LogP contribution in [0.15, 0.2) is 42.5 Å². The molecule has 32 heavy (non-hydrogen) atoms. The van der Waals surface area contributed by atoms with Crippen LogP contribution in [-0.2, 0) is 6.61 Å². The number of rotatable bonds is 8. The van der Waals surface area contributed by atoms with Gasteiger partial charge in [-0.25, -0.2) is 0 Å². The molecule has 0 aromatic heterocycles. The van der Waals surface area contributed by atoms with Gasteiger partial charge in [0, 0.05) is 44.2 Å². The van der Waals surface area contributed by atoms with E-state index in [2.05, 4.69) is 16.3 Å². The van der Waals surface area contributed by atoms with E-state index in [0.717, 1.165) is 75.3 Å². The van der Waals surface area contributed by atoms with Crippen molar-refractivity contribution in [3.8, 4) is 11.5 Å². The first-order chi connectivity index (χ1) is 15.6. The summed E-state index contributed by atoms with van der Waals surface area (Å²) in [7, 11) is 1.66. The van der Waals surface area contributed by atoms with Crippen LogP contribution in [0.2, 0.25) is 5.02 Å². The van der Waals surface area contributed by atoms with Crippen LogP contribution in [0.4, 0.5) is 0 Å². The predicted molar refractivity (Wildman–Crippen MR) is 129 cm³/mol. The molecule has 174 valence electrons. The minimum Gasteiger partial charge on any atom is -0.496 e. The van der Waals surface area contributed by atoms with E-state index in [1.807, 2.05) is 36.4 Å². The molecule has 6 heteroatoms. The van der Waals surface area contributed by atoms with E-state index >= 15 is 0 Å². The smallest absolute Gasteiger partial charge is 0.138 e. The fourth-order valence-corrected chi connectivity index (χ4v) is 5.32. The molecule has 1 aliphatic heterocycles. The molecule has 1 unspecified atom stereocenters. The SMILES string of the molecule is COc1ccccc1COc1ccc(C(CN2CCNCC2)C2(O)CCCCC2)cc1Cl. The molecule has 1 atom stereocenters. The van der Waals surface area contributed by atoms with Crippen molar-refractivity contribution in [3.63, 3.8) is 0 Å². The van der Waals surface area contributed by atoms with Crippen molar-refractivity contribution < 1.29 is 14.6 Å². The van der Waals surface area contributed by atoms with Gasteiger partial charge in [-0.2, -0.15) is 0 Å². The maximum absolute atomic E-state index is 11.7. The Bertz CT molecular complexity index is 879. The predicted octanol–water partition coefficient (Wildman–Crippen LogP) is 4.61. The Balaban J connectivity index is 1.52. The maximum atomic E-state index is 11.7. The first-order valence-electron chi connectivity index (χ1n) is 11.8. The lowest BCUT2D eigenvalue weighted by atomic mass is 9.72. The number of para-hydroxylation sites is 1. The van der Waals surface area contributed by atoms with Crippen molar-refractivity contribution in [2.45, 2.75) is 50.2 Å². The van der Waals surface area contributed by atoms with Crippen LogP contribution >= 0.6 is 11.6 Å². The summed E-state index contributed by atoms with van der Waals surface area (Å²) in [5.74, 6) is 1.50. The molecule has 1 saturated heterocycles. The third-order valence-corrected chi connectivity index (χ3v) is 7.25. The van der Waals surface area contributed by atoms with Gasteiger partial charge in [0.15, 0.2) is 0 Å². The number of nitrogens with one attached hydrogen (secondary N) is 1. The molecule has 0 bridgehead atoms. The van der Waals surface area contributed by atoms with Gasteiger partial charge in [0.05, 0.1) is 17.7 Å². The first kappa shape index (κ1) is 23.4. The van der Waals surface area contributed by atoms with Gasteiger partial charge in [-0.15, -0.1) is 0 Å². The third kappa shape index (κ3) is 5.57. The molecular formula is C26H35ClN2O3. The van der Waals surface area contributed by atoms with E-state index in [-0.39, 0.29) is 5.92 Å². The summed E-state index contributed by atoms with van der Waals surface area (Å²) < 4.78 is 11.4. The first-order valence-corrected chi connectivity index (χ1v) is 12.2. The molecule has 1 heterocycles. The zero-order chi connectivity index (χ0) is 22.4. The fraction of sp³-hybridized carbons (Fsp3) is 0.538. The summed E-state index contributed by atoms with van der Waals surface area (Å²) in [5, 5.41) is 15.7. The van der Waals surface area contributed by atoms with E-state index < -0.39 is 5.60 Å². The average Bonchev–Trinajstić information content (AvgIpc) is 2.83. The summed E-state index contributed by atoms with van der Waals surface area (Å²) in [6.07, 6.45) is 5.09. The van der Waals surface area contributed by atoms with Crippen molar-refractivity contribution in [2.24, 2.45) is 0 Å². The molecule has 5 nitrogen and oxygen atoms in total. The zero-order valence-corrected chi connectivity index (χ0v) is 19.7. The van der Waals surface area contributed by atoms with E-state index in [1.165, 1.54) is 6.42 Å². The molecule has 0 amide bonds. The molecule has 2 aliphatic rings. The zero-order valence-electron chi connectivity index (χ0n) is 19.0. The van der Waals surface area contributed by atoms with Crippen LogP contribution in [0.1, 0.15) is 49.1 Å². The molecule has 1 saturated carbocycles. The fourth-order valence-electron chi connectivity index (χ4n) is 5.08. The Morgan fingerprint density at radius 2 is 1.81 bits per heavy atom. The summed E-state index contributed by atoms with van der Waals surface area (Å²) in [6, 6.07) is 13.9. The lowest BCUT2D eigenvalue weighted by Crippen LogP contribution is -2.49. The molecule has 0 spiro atoms. The van der Waals surface area contributed by atoms with Crippen LogP contribution in [0.5, 0.6) is 11.5 Å². The Morgan fingerprint density at radius 1 is 1.06 bits per heavy atom. The Kier molecular flexibility index (Phi) is 7.95. The lowest BCUT2D eigenvalue weighted by Gasteiger charge is -2.42. The molecule has 4 rings (SSSR count). The van der Waals surface area contributed by atoms with Crippen molar-refractivity contribution in [1.29, 1.82) is 0 Å². The van der Waals surface area contributed by atoms with Gasteiger partial charge in [-0.05, 0) is 36.6 Å². The summed E-state index contributed by atoms with van der Waals surface area (Å²) in [4.78, 5) is 2.47. The van der Waals surface area contributed by atoms with Crippen molar-refractivity contribution in [3.05, 3.63) is 58.6 Å². The minimum atomic E-state index is -0.674. The largest absolute Gasteiger partial charge is 0.496 e. The van der Waals surface area contributed by atoms with Gasteiger partial charge in [-0.3, -0.25) is 0 Å². The topological polar surface area (TPSA) is 54.0 Å². The van der Waals surface area contributed by atoms with Crippen LogP contribution in [-0.4, -0.2) is 55.4 Å². The number of nitrogens with zero attached hydrogens (tertiary/aromatic N) is 1. The van der Waals surface area contributed by atoms with Gasteiger partial charge in [0.25, 0.3) is 0 Å². The number of halogens is 1. The van der Waals surface area contributed by atoms with Crippen LogP contribution in [0, 0.1) is 0 Å². The van der Waals surface area contributed by atoms with Gasteiger partial charge in [0.1, 0.15) is 18.1 Å². The average molecular weight is 459 g/mol.